The van der Waals surface area contributed by atoms with Gasteiger partial charge >= 0.3 is 0 Å². The molecule has 0 atom stereocenters. The van der Waals surface area contributed by atoms with Crippen molar-refractivity contribution < 1.29 is 13.2 Å². The van der Waals surface area contributed by atoms with Gasteiger partial charge in [0.2, 0.25) is 0 Å². The molecule has 0 saturated heterocycles. The minimum atomic E-state index is -3.52. The number of sulfonamides is 1. The maximum absolute atomic E-state index is 12.3. The first-order valence-electron chi connectivity index (χ1n) is 5.42. The Morgan fingerprint density at radius 3 is 2.59 bits per heavy atom. The number of nitrogens with zero attached hydrogens (tertiary/aromatic N) is 2. The molecule has 6 nitrogen and oxygen atoms in total. The molecule has 0 radical (unpaired) electrons. The van der Waals surface area contributed by atoms with Gasteiger partial charge in [-0.3, -0.25) is 0 Å². The second-order valence-electron chi connectivity index (χ2n) is 4.04. The first kappa shape index (κ1) is 14.1. The van der Waals surface area contributed by atoms with E-state index in [1.165, 1.54) is 10.5 Å². The molecule has 98 valence electrons. The predicted octanol–water partition coefficient (Wildman–Crippen LogP) is 0.764. The van der Waals surface area contributed by atoms with Gasteiger partial charge in [0.25, 0.3) is 10.0 Å². The lowest BCUT2D eigenvalue weighted by atomic mass is 10.4. The van der Waals surface area contributed by atoms with Crippen molar-refractivity contribution in [1.82, 2.24) is 14.3 Å². The van der Waals surface area contributed by atoms with Crippen LogP contribution < -0.4 is 0 Å². The fourth-order valence-corrected chi connectivity index (χ4v) is 3.08. The Balaban J connectivity index is 3.00. The molecule has 1 aromatic rings. The molecule has 0 fully saturated rings. The molecule has 1 N–H and O–H groups in total. The Morgan fingerprint density at radius 1 is 1.53 bits per heavy atom. The quantitative estimate of drug-likeness (QED) is 0.820. The van der Waals surface area contributed by atoms with E-state index in [0.717, 1.165) is 0 Å². The molecular weight excluding hydrogens is 242 g/mol. The van der Waals surface area contributed by atoms with Crippen LogP contribution in [-0.2, 0) is 14.8 Å². The molecule has 0 aliphatic heterocycles. The lowest BCUT2D eigenvalue weighted by molar-refractivity contribution is 0.170. The van der Waals surface area contributed by atoms with E-state index in [1.807, 2.05) is 13.8 Å². The SMILES string of the molecule is COCCN(C(C)C)S(=O)(=O)c1cnc(C)[nH]1. The molecule has 1 rings (SSSR count). The van der Waals surface area contributed by atoms with Crippen LogP contribution in [0.5, 0.6) is 0 Å². The summed E-state index contributed by atoms with van der Waals surface area (Å²) >= 11 is 0. The van der Waals surface area contributed by atoms with E-state index in [1.54, 1.807) is 14.0 Å². The summed E-state index contributed by atoms with van der Waals surface area (Å²) in [5.41, 5.74) is 0. The number of aromatic nitrogens is 2. The summed E-state index contributed by atoms with van der Waals surface area (Å²) in [6.45, 7) is 6.07. The van der Waals surface area contributed by atoms with E-state index in [4.69, 9.17) is 4.74 Å². The molecule has 7 heteroatoms. The second kappa shape index (κ2) is 5.61. The summed E-state index contributed by atoms with van der Waals surface area (Å²) in [7, 11) is -1.97. The molecular formula is C10H19N3O3S. The number of hydrogen-bond acceptors (Lipinski definition) is 4. The van der Waals surface area contributed by atoms with Gasteiger partial charge in [0.05, 0.1) is 12.8 Å². The van der Waals surface area contributed by atoms with Crippen LogP contribution in [0.3, 0.4) is 0 Å². The first-order chi connectivity index (χ1) is 7.89. The summed E-state index contributed by atoms with van der Waals surface area (Å²) in [6.07, 6.45) is 1.34. The number of aromatic amines is 1. The summed E-state index contributed by atoms with van der Waals surface area (Å²) < 4.78 is 30.9. The number of ether oxygens (including phenoxy) is 1. The van der Waals surface area contributed by atoms with Crippen LogP contribution in [-0.4, -0.2) is 49.0 Å². The number of rotatable bonds is 6. The van der Waals surface area contributed by atoms with Crippen molar-refractivity contribution in [2.45, 2.75) is 31.8 Å². The van der Waals surface area contributed by atoms with Gasteiger partial charge in [-0.05, 0) is 20.8 Å². The Hall–Kier alpha value is -0.920. The number of imidazole rings is 1. The number of methoxy groups -OCH3 is 1. The number of nitrogens with one attached hydrogen (secondary N) is 1. The average molecular weight is 261 g/mol. The van der Waals surface area contributed by atoms with Crippen molar-refractivity contribution in [2.75, 3.05) is 20.3 Å². The molecule has 0 aliphatic carbocycles. The predicted molar refractivity (Wildman–Crippen MR) is 64.2 cm³/mol. The van der Waals surface area contributed by atoms with Crippen LogP contribution in [0.15, 0.2) is 11.2 Å². The molecule has 0 saturated carbocycles. The number of aryl methyl sites for hydroxylation is 1. The monoisotopic (exact) mass is 261 g/mol. The highest BCUT2D eigenvalue weighted by molar-refractivity contribution is 7.89. The Labute approximate surface area is 102 Å². The van der Waals surface area contributed by atoms with E-state index in [2.05, 4.69) is 9.97 Å². The maximum Gasteiger partial charge on any atom is 0.260 e. The van der Waals surface area contributed by atoms with E-state index >= 15 is 0 Å². The van der Waals surface area contributed by atoms with Crippen LogP contribution in [0.25, 0.3) is 0 Å². The van der Waals surface area contributed by atoms with Gasteiger partial charge in [-0.1, -0.05) is 0 Å². The van der Waals surface area contributed by atoms with Gasteiger partial charge in [0, 0.05) is 19.7 Å². The maximum atomic E-state index is 12.3. The lowest BCUT2D eigenvalue weighted by Gasteiger charge is -2.24. The van der Waals surface area contributed by atoms with Crippen LogP contribution in [0.1, 0.15) is 19.7 Å². The van der Waals surface area contributed by atoms with Crippen molar-refractivity contribution in [3.8, 4) is 0 Å². The van der Waals surface area contributed by atoms with Crippen LogP contribution in [0.2, 0.25) is 0 Å². The van der Waals surface area contributed by atoms with Gasteiger partial charge in [0.15, 0.2) is 5.03 Å². The van der Waals surface area contributed by atoms with Gasteiger partial charge < -0.3 is 9.72 Å². The summed E-state index contributed by atoms with van der Waals surface area (Å²) in [6, 6.07) is -0.126. The second-order valence-corrected chi connectivity index (χ2v) is 5.89. The number of H-pyrrole nitrogens is 1. The Morgan fingerprint density at radius 2 is 2.18 bits per heavy atom. The zero-order valence-electron chi connectivity index (χ0n) is 10.6. The van der Waals surface area contributed by atoms with Gasteiger partial charge in [-0.25, -0.2) is 13.4 Å². The van der Waals surface area contributed by atoms with Gasteiger partial charge in [-0.2, -0.15) is 4.31 Å². The normalized spacial score (nSPS) is 12.6. The van der Waals surface area contributed by atoms with Crippen LogP contribution in [0.4, 0.5) is 0 Å². The van der Waals surface area contributed by atoms with E-state index in [-0.39, 0.29) is 11.1 Å². The zero-order chi connectivity index (χ0) is 13.1. The molecule has 1 heterocycles. The van der Waals surface area contributed by atoms with Crippen molar-refractivity contribution in [3.63, 3.8) is 0 Å². The van der Waals surface area contributed by atoms with Crippen molar-refractivity contribution in [1.29, 1.82) is 0 Å². The van der Waals surface area contributed by atoms with Crippen molar-refractivity contribution in [2.24, 2.45) is 0 Å². The van der Waals surface area contributed by atoms with Crippen molar-refractivity contribution >= 4 is 10.0 Å². The van der Waals surface area contributed by atoms with E-state index in [0.29, 0.717) is 19.0 Å². The third-order valence-corrected chi connectivity index (χ3v) is 4.34. The third-order valence-electron chi connectivity index (χ3n) is 2.36. The largest absolute Gasteiger partial charge is 0.383 e. The average Bonchev–Trinajstić information content (AvgIpc) is 2.65. The highest BCUT2D eigenvalue weighted by Gasteiger charge is 2.28. The fourth-order valence-electron chi connectivity index (χ4n) is 1.49. The summed E-state index contributed by atoms with van der Waals surface area (Å²) in [5.74, 6) is 0.582. The molecule has 17 heavy (non-hydrogen) atoms. The Bertz CT molecular complexity index is 453. The van der Waals surface area contributed by atoms with Gasteiger partial charge in [0.1, 0.15) is 5.82 Å². The molecule has 0 spiro atoms. The molecule has 0 aliphatic rings. The minimum Gasteiger partial charge on any atom is -0.383 e. The molecule has 0 bridgehead atoms. The summed E-state index contributed by atoms with van der Waals surface area (Å²) in [5, 5.41) is 0.125. The molecule has 0 unspecified atom stereocenters. The summed E-state index contributed by atoms with van der Waals surface area (Å²) in [4.78, 5) is 6.66. The lowest BCUT2D eigenvalue weighted by Crippen LogP contribution is -2.39. The van der Waals surface area contributed by atoms with E-state index < -0.39 is 10.0 Å². The minimum absolute atomic E-state index is 0.125. The van der Waals surface area contributed by atoms with Crippen LogP contribution in [0, 0.1) is 6.92 Å². The fraction of sp³-hybridized carbons (Fsp3) is 0.700. The smallest absolute Gasteiger partial charge is 0.260 e. The topological polar surface area (TPSA) is 75.3 Å². The highest BCUT2D eigenvalue weighted by Crippen LogP contribution is 2.15. The third kappa shape index (κ3) is 3.27. The van der Waals surface area contributed by atoms with Crippen LogP contribution >= 0.6 is 0 Å². The standard InChI is InChI=1S/C10H19N3O3S/c1-8(2)13(5-6-16-4)17(14,15)10-7-11-9(3)12-10/h7-8H,5-6H2,1-4H3,(H,11,12). The molecule has 0 aromatic carbocycles. The number of hydrogen-bond donors (Lipinski definition) is 1. The highest BCUT2D eigenvalue weighted by atomic mass is 32.2. The first-order valence-corrected chi connectivity index (χ1v) is 6.86. The zero-order valence-corrected chi connectivity index (χ0v) is 11.4. The van der Waals surface area contributed by atoms with E-state index in [9.17, 15) is 8.42 Å². The van der Waals surface area contributed by atoms with Gasteiger partial charge in [-0.15, -0.1) is 0 Å². The molecule has 1 aromatic heterocycles. The Kier molecular flexibility index (Phi) is 4.67. The molecule has 0 amide bonds. The van der Waals surface area contributed by atoms with Crippen molar-refractivity contribution in [3.05, 3.63) is 12.0 Å².